The zero-order valence-corrected chi connectivity index (χ0v) is 12.9. The van der Waals surface area contributed by atoms with Gasteiger partial charge in [0, 0.05) is 5.92 Å². The second-order valence-electron chi connectivity index (χ2n) is 5.51. The zero-order chi connectivity index (χ0) is 16.4. The molecule has 118 valence electrons. The monoisotopic (exact) mass is 311 g/mol. The maximum Gasteiger partial charge on any atom is 0.262 e. The molecule has 7 nitrogen and oxygen atoms in total. The largest absolute Gasteiger partial charge is 0.349 e. The summed E-state index contributed by atoms with van der Waals surface area (Å²) >= 11 is 0. The highest BCUT2D eigenvalue weighted by atomic mass is 16.2. The number of nitrogens with one attached hydrogen (secondary N) is 2. The van der Waals surface area contributed by atoms with Gasteiger partial charge >= 0.3 is 0 Å². The molecule has 0 aliphatic heterocycles. The lowest BCUT2D eigenvalue weighted by Gasteiger charge is -2.07. The van der Waals surface area contributed by atoms with Crippen LogP contribution in [0.3, 0.4) is 0 Å². The Balaban J connectivity index is 1.99. The van der Waals surface area contributed by atoms with E-state index in [1.165, 1.54) is 6.20 Å². The lowest BCUT2D eigenvalue weighted by atomic mass is 10.2. The molecule has 1 amide bonds. The summed E-state index contributed by atoms with van der Waals surface area (Å²) < 4.78 is 1.61. The van der Waals surface area contributed by atoms with Gasteiger partial charge in [-0.1, -0.05) is 32.0 Å². The maximum atomic E-state index is 12.2. The van der Waals surface area contributed by atoms with E-state index in [4.69, 9.17) is 0 Å². The van der Waals surface area contributed by atoms with Crippen molar-refractivity contribution in [3.8, 4) is 5.69 Å². The topological polar surface area (TPSA) is 92.7 Å². The zero-order valence-electron chi connectivity index (χ0n) is 12.9. The molecule has 0 atom stereocenters. The summed E-state index contributed by atoms with van der Waals surface area (Å²) in [5.74, 6) is 0.179. The van der Waals surface area contributed by atoms with Crippen LogP contribution in [0, 0.1) is 5.92 Å². The van der Waals surface area contributed by atoms with Crippen LogP contribution < -0.4 is 10.9 Å². The Bertz CT molecular complexity index is 896. The molecule has 0 aliphatic rings. The van der Waals surface area contributed by atoms with Gasteiger partial charge in [0.05, 0.1) is 18.4 Å². The first-order valence-electron chi connectivity index (χ1n) is 7.36. The second kappa shape index (κ2) is 6.04. The van der Waals surface area contributed by atoms with E-state index in [2.05, 4.69) is 20.4 Å². The van der Waals surface area contributed by atoms with Crippen LogP contribution in [0.1, 0.15) is 19.7 Å². The van der Waals surface area contributed by atoms with E-state index in [-0.39, 0.29) is 23.9 Å². The van der Waals surface area contributed by atoms with E-state index >= 15 is 0 Å². The van der Waals surface area contributed by atoms with Gasteiger partial charge in [-0.2, -0.15) is 5.10 Å². The third kappa shape index (κ3) is 2.98. The number of rotatable bonds is 4. The summed E-state index contributed by atoms with van der Waals surface area (Å²) in [6.45, 7) is 3.78. The molecule has 0 radical (unpaired) electrons. The number of para-hydroxylation sites is 1. The predicted octanol–water partition coefficient (Wildman–Crippen LogP) is 1.38. The lowest BCUT2D eigenvalue weighted by Crippen LogP contribution is -2.29. The first-order chi connectivity index (χ1) is 11.1. The van der Waals surface area contributed by atoms with Crippen LogP contribution in [0.2, 0.25) is 0 Å². The van der Waals surface area contributed by atoms with Crippen molar-refractivity contribution >= 4 is 16.9 Å². The highest BCUT2D eigenvalue weighted by molar-refractivity contribution is 5.78. The molecule has 0 saturated carbocycles. The Morgan fingerprint density at radius 3 is 2.74 bits per heavy atom. The molecule has 2 heterocycles. The summed E-state index contributed by atoms with van der Waals surface area (Å²) in [6, 6.07) is 9.45. The maximum absolute atomic E-state index is 12.2. The smallest absolute Gasteiger partial charge is 0.262 e. The van der Waals surface area contributed by atoms with Gasteiger partial charge in [0.2, 0.25) is 5.91 Å². The molecule has 2 N–H and O–H groups in total. The fourth-order valence-electron chi connectivity index (χ4n) is 2.18. The number of aromatic amines is 1. The summed E-state index contributed by atoms with van der Waals surface area (Å²) in [4.78, 5) is 30.9. The van der Waals surface area contributed by atoms with Crippen LogP contribution in [0.15, 0.2) is 41.3 Å². The molecule has 0 bridgehead atoms. The quantitative estimate of drug-likeness (QED) is 0.761. The Kier molecular flexibility index (Phi) is 3.92. The van der Waals surface area contributed by atoms with E-state index < -0.39 is 0 Å². The molecule has 2 aromatic heterocycles. The van der Waals surface area contributed by atoms with Crippen molar-refractivity contribution in [2.45, 2.75) is 20.4 Å². The minimum Gasteiger partial charge on any atom is -0.349 e. The number of fused-ring (bicyclic) bond motifs is 1. The van der Waals surface area contributed by atoms with Gasteiger partial charge in [0.25, 0.3) is 5.56 Å². The van der Waals surface area contributed by atoms with Crippen molar-refractivity contribution in [3.63, 3.8) is 0 Å². The van der Waals surface area contributed by atoms with E-state index in [1.54, 1.807) is 18.5 Å². The molecule has 7 heteroatoms. The highest BCUT2D eigenvalue weighted by Gasteiger charge is 2.12. The number of amides is 1. The minimum atomic E-state index is -0.272. The number of carbonyl (C=O) groups is 1. The molecular formula is C16H17N5O2. The van der Waals surface area contributed by atoms with Gasteiger partial charge in [-0.25, -0.2) is 9.67 Å². The molecule has 3 aromatic rings. The van der Waals surface area contributed by atoms with Crippen molar-refractivity contribution in [3.05, 3.63) is 52.7 Å². The first kappa shape index (κ1) is 15.0. The standard InChI is InChI=1S/C16H17N5O2/c1-10(2)15(22)17-9-13-19-14-12(16(23)20-13)8-18-21(14)11-6-4-3-5-7-11/h3-8,10H,9H2,1-2H3,(H,17,22)(H,19,20,23). The molecular weight excluding hydrogens is 294 g/mol. The number of nitrogens with zero attached hydrogens (tertiary/aromatic N) is 3. The molecule has 1 aromatic carbocycles. The third-order valence-electron chi connectivity index (χ3n) is 3.44. The normalized spacial score (nSPS) is 11.1. The molecule has 0 aliphatic carbocycles. The molecule has 0 spiro atoms. The number of hydrogen-bond acceptors (Lipinski definition) is 4. The third-order valence-corrected chi connectivity index (χ3v) is 3.44. The molecule has 0 fully saturated rings. The van der Waals surface area contributed by atoms with Gasteiger partial charge in [0.15, 0.2) is 5.65 Å². The first-order valence-corrected chi connectivity index (χ1v) is 7.36. The van der Waals surface area contributed by atoms with Crippen LogP contribution in [-0.2, 0) is 11.3 Å². The Labute approximate surface area is 132 Å². The Hall–Kier alpha value is -2.96. The fraction of sp³-hybridized carbons (Fsp3) is 0.250. The summed E-state index contributed by atoms with van der Waals surface area (Å²) in [5, 5.41) is 7.39. The van der Waals surface area contributed by atoms with Crippen molar-refractivity contribution in [1.29, 1.82) is 0 Å². The van der Waals surface area contributed by atoms with E-state index in [0.29, 0.717) is 16.9 Å². The average molecular weight is 311 g/mol. The number of benzene rings is 1. The summed E-state index contributed by atoms with van der Waals surface area (Å²) in [5.41, 5.74) is 1.01. The van der Waals surface area contributed by atoms with E-state index in [0.717, 1.165) is 5.69 Å². The second-order valence-corrected chi connectivity index (χ2v) is 5.51. The van der Waals surface area contributed by atoms with Crippen LogP contribution >= 0.6 is 0 Å². The molecule has 23 heavy (non-hydrogen) atoms. The van der Waals surface area contributed by atoms with Gasteiger partial charge in [-0.15, -0.1) is 0 Å². The molecule has 3 rings (SSSR count). The average Bonchev–Trinajstić information content (AvgIpc) is 2.97. The Morgan fingerprint density at radius 2 is 2.04 bits per heavy atom. The Morgan fingerprint density at radius 1 is 1.30 bits per heavy atom. The van der Waals surface area contributed by atoms with Crippen LogP contribution in [0.25, 0.3) is 16.7 Å². The SMILES string of the molecule is CC(C)C(=O)NCc1nc2c(cnn2-c2ccccc2)c(=O)[nH]1. The summed E-state index contributed by atoms with van der Waals surface area (Å²) in [7, 11) is 0. The lowest BCUT2D eigenvalue weighted by molar-refractivity contribution is -0.124. The fourth-order valence-corrected chi connectivity index (χ4v) is 2.18. The van der Waals surface area contributed by atoms with Crippen molar-refractivity contribution < 1.29 is 4.79 Å². The number of H-pyrrole nitrogens is 1. The van der Waals surface area contributed by atoms with Crippen molar-refractivity contribution in [2.24, 2.45) is 5.92 Å². The van der Waals surface area contributed by atoms with Gasteiger partial charge in [0.1, 0.15) is 11.2 Å². The van der Waals surface area contributed by atoms with Gasteiger partial charge in [-0.3, -0.25) is 9.59 Å². The van der Waals surface area contributed by atoms with E-state index in [9.17, 15) is 9.59 Å². The number of carbonyl (C=O) groups excluding carboxylic acids is 1. The molecule has 0 saturated heterocycles. The number of hydrogen-bond donors (Lipinski definition) is 2. The van der Waals surface area contributed by atoms with Crippen LogP contribution in [0.5, 0.6) is 0 Å². The molecule has 0 unspecified atom stereocenters. The minimum absolute atomic E-state index is 0.0932. The predicted molar refractivity (Wildman–Crippen MR) is 86.2 cm³/mol. The van der Waals surface area contributed by atoms with Gasteiger partial charge in [-0.05, 0) is 12.1 Å². The highest BCUT2D eigenvalue weighted by Crippen LogP contribution is 2.13. The summed E-state index contributed by atoms with van der Waals surface area (Å²) in [6.07, 6.45) is 1.49. The number of aromatic nitrogens is 4. The van der Waals surface area contributed by atoms with Gasteiger partial charge < -0.3 is 10.3 Å². The van der Waals surface area contributed by atoms with E-state index in [1.807, 2.05) is 30.3 Å². The van der Waals surface area contributed by atoms with Crippen molar-refractivity contribution in [2.75, 3.05) is 0 Å². The van der Waals surface area contributed by atoms with Crippen LogP contribution in [-0.4, -0.2) is 25.7 Å². The van der Waals surface area contributed by atoms with Crippen molar-refractivity contribution in [1.82, 2.24) is 25.1 Å². The van der Waals surface area contributed by atoms with Crippen LogP contribution in [0.4, 0.5) is 0 Å².